The molecule has 0 aliphatic carbocycles. The van der Waals surface area contributed by atoms with Crippen LogP contribution in [-0.4, -0.2) is 13.1 Å². The van der Waals surface area contributed by atoms with Crippen molar-refractivity contribution in [2.45, 2.75) is 26.8 Å². The third-order valence-electron chi connectivity index (χ3n) is 4.58. The van der Waals surface area contributed by atoms with Gasteiger partial charge in [0, 0.05) is 36.7 Å². The molecule has 1 aliphatic rings. The molecule has 0 bridgehead atoms. The van der Waals surface area contributed by atoms with Crippen molar-refractivity contribution in [1.82, 2.24) is 0 Å². The summed E-state index contributed by atoms with van der Waals surface area (Å²) in [4.78, 5) is 2.52. The molecule has 0 saturated carbocycles. The minimum absolute atomic E-state index is 0.780. The largest absolute Gasteiger partial charge is 0.399 e. The van der Waals surface area contributed by atoms with E-state index in [0.717, 1.165) is 29.8 Å². The quantitative estimate of drug-likeness (QED) is 0.824. The number of nitrogens with two attached hydrogens (primary N) is 1. The van der Waals surface area contributed by atoms with Crippen LogP contribution in [0.15, 0.2) is 48.5 Å². The Morgan fingerprint density at radius 3 is 2.17 bits per heavy atom. The number of nitrogens with zero attached hydrogens (tertiary/aromatic N) is 1. The molecule has 0 radical (unpaired) electrons. The van der Waals surface area contributed by atoms with Gasteiger partial charge in [-0.2, -0.15) is 0 Å². The van der Waals surface area contributed by atoms with Gasteiger partial charge in [0.2, 0.25) is 0 Å². The maximum Gasteiger partial charge on any atom is 0.0400 e. The van der Waals surface area contributed by atoms with E-state index in [1.54, 1.807) is 0 Å². The topological polar surface area (TPSA) is 41.3 Å². The van der Waals surface area contributed by atoms with Gasteiger partial charge < -0.3 is 16.0 Å². The predicted octanol–water partition coefficient (Wildman–Crippen LogP) is 4.36. The summed E-state index contributed by atoms with van der Waals surface area (Å²) in [5.74, 6) is 1.56. The van der Waals surface area contributed by atoms with Gasteiger partial charge in [-0.05, 0) is 60.2 Å². The Balaban J connectivity index is 1.59. The molecule has 0 amide bonds. The molecule has 2 aromatic carbocycles. The minimum Gasteiger partial charge on any atom is -0.399 e. The maximum absolute atomic E-state index is 5.72. The summed E-state index contributed by atoms with van der Waals surface area (Å²) in [7, 11) is 0. The second kappa shape index (κ2) is 6.95. The number of nitrogen functional groups attached to an aromatic ring is 1. The zero-order valence-electron chi connectivity index (χ0n) is 14.1. The molecule has 23 heavy (non-hydrogen) atoms. The summed E-state index contributed by atoms with van der Waals surface area (Å²) in [5.41, 5.74) is 10.3. The third-order valence-corrected chi connectivity index (χ3v) is 4.58. The molecule has 2 unspecified atom stereocenters. The Morgan fingerprint density at radius 1 is 0.957 bits per heavy atom. The van der Waals surface area contributed by atoms with Gasteiger partial charge in [-0.3, -0.25) is 0 Å². The standard InChI is InChI=1S/C20H27N3/c1-15-11-16(2)14-23(13-15)20-9-7-19(8-10-20)22-12-17-3-5-18(21)6-4-17/h3-10,15-16,22H,11-14,21H2,1-2H3. The van der Waals surface area contributed by atoms with E-state index in [1.807, 2.05) is 12.1 Å². The SMILES string of the molecule is CC1CC(C)CN(c2ccc(NCc3ccc(N)cc3)cc2)C1. The minimum atomic E-state index is 0.780. The molecule has 3 nitrogen and oxygen atoms in total. The highest BCUT2D eigenvalue weighted by molar-refractivity contribution is 5.55. The van der Waals surface area contributed by atoms with E-state index in [2.05, 4.69) is 60.5 Å². The van der Waals surface area contributed by atoms with Crippen LogP contribution in [0, 0.1) is 11.8 Å². The first-order valence-electron chi connectivity index (χ1n) is 8.53. The number of hydrogen-bond donors (Lipinski definition) is 2. The lowest BCUT2D eigenvalue weighted by molar-refractivity contribution is 0.357. The second-order valence-corrected chi connectivity index (χ2v) is 6.99. The van der Waals surface area contributed by atoms with Crippen molar-refractivity contribution in [1.29, 1.82) is 0 Å². The fourth-order valence-corrected chi connectivity index (χ4v) is 3.50. The summed E-state index contributed by atoms with van der Waals surface area (Å²) in [6.07, 6.45) is 1.34. The first kappa shape index (κ1) is 15.7. The first-order chi connectivity index (χ1) is 11.1. The molecule has 2 aromatic rings. The molecular weight excluding hydrogens is 282 g/mol. The lowest BCUT2D eigenvalue weighted by atomic mass is 9.91. The Bertz CT molecular complexity index is 608. The lowest BCUT2D eigenvalue weighted by Crippen LogP contribution is -2.38. The van der Waals surface area contributed by atoms with Crippen LogP contribution in [0.3, 0.4) is 0 Å². The fourth-order valence-electron chi connectivity index (χ4n) is 3.50. The van der Waals surface area contributed by atoms with Crippen LogP contribution in [0.5, 0.6) is 0 Å². The van der Waals surface area contributed by atoms with Gasteiger partial charge in [-0.25, -0.2) is 0 Å². The molecule has 1 aliphatic heterocycles. The summed E-state index contributed by atoms with van der Waals surface area (Å²) < 4.78 is 0. The second-order valence-electron chi connectivity index (χ2n) is 6.99. The van der Waals surface area contributed by atoms with E-state index < -0.39 is 0 Å². The summed E-state index contributed by atoms with van der Waals surface area (Å²) >= 11 is 0. The molecule has 1 heterocycles. The lowest BCUT2D eigenvalue weighted by Gasteiger charge is -2.36. The Hall–Kier alpha value is -2.16. The highest BCUT2D eigenvalue weighted by Crippen LogP contribution is 2.27. The number of nitrogens with one attached hydrogen (secondary N) is 1. The molecule has 3 rings (SSSR count). The molecule has 3 heteroatoms. The number of anilines is 3. The highest BCUT2D eigenvalue weighted by atomic mass is 15.1. The average molecular weight is 309 g/mol. The number of rotatable bonds is 4. The highest BCUT2D eigenvalue weighted by Gasteiger charge is 2.21. The zero-order chi connectivity index (χ0) is 16.2. The van der Waals surface area contributed by atoms with Crippen LogP contribution in [-0.2, 0) is 6.54 Å². The van der Waals surface area contributed by atoms with Crippen molar-refractivity contribution in [3.05, 3.63) is 54.1 Å². The maximum atomic E-state index is 5.72. The van der Waals surface area contributed by atoms with Crippen molar-refractivity contribution in [2.75, 3.05) is 29.0 Å². The molecule has 1 saturated heterocycles. The number of piperidine rings is 1. The van der Waals surface area contributed by atoms with Crippen LogP contribution >= 0.6 is 0 Å². The van der Waals surface area contributed by atoms with Crippen molar-refractivity contribution < 1.29 is 0 Å². The number of benzene rings is 2. The van der Waals surface area contributed by atoms with Crippen LogP contribution in [0.2, 0.25) is 0 Å². The van der Waals surface area contributed by atoms with Crippen LogP contribution in [0.25, 0.3) is 0 Å². The van der Waals surface area contributed by atoms with Gasteiger partial charge in [0.25, 0.3) is 0 Å². The Morgan fingerprint density at radius 2 is 1.57 bits per heavy atom. The first-order valence-corrected chi connectivity index (χ1v) is 8.53. The Kier molecular flexibility index (Phi) is 4.75. The van der Waals surface area contributed by atoms with E-state index in [1.165, 1.54) is 30.8 Å². The average Bonchev–Trinajstić information content (AvgIpc) is 2.54. The smallest absolute Gasteiger partial charge is 0.0400 e. The van der Waals surface area contributed by atoms with Crippen molar-refractivity contribution >= 4 is 17.1 Å². The monoisotopic (exact) mass is 309 g/mol. The van der Waals surface area contributed by atoms with Crippen molar-refractivity contribution in [2.24, 2.45) is 11.8 Å². The molecule has 3 N–H and O–H groups in total. The van der Waals surface area contributed by atoms with Crippen LogP contribution in [0.4, 0.5) is 17.1 Å². The Labute approximate surface area is 139 Å². The normalized spacial score (nSPS) is 21.2. The third kappa shape index (κ3) is 4.19. The van der Waals surface area contributed by atoms with E-state index >= 15 is 0 Å². The van der Waals surface area contributed by atoms with E-state index in [0.29, 0.717) is 0 Å². The van der Waals surface area contributed by atoms with Gasteiger partial charge in [-0.1, -0.05) is 26.0 Å². The molecule has 0 aromatic heterocycles. The molecule has 0 spiro atoms. The zero-order valence-corrected chi connectivity index (χ0v) is 14.1. The molecule has 1 fully saturated rings. The van der Waals surface area contributed by atoms with E-state index in [9.17, 15) is 0 Å². The van der Waals surface area contributed by atoms with Gasteiger partial charge in [0.05, 0.1) is 0 Å². The van der Waals surface area contributed by atoms with Gasteiger partial charge in [0.15, 0.2) is 0 Å². The number of hydrogen-bond acceptors (Lipinski definition) is 3. The van der Waals surface area contributed by atoms with Gasteiger partial charge >= 0.3 is 0 Å². The summed E-state index contributed by atoms with van der Waals surface area (Å²) in [5, 5.41) is 3.47. The summed E-state index contributed by atoms with van der Waals surface area (Å²) in [6, 6.07) is 16.8. The predicted molar refractivity (Wildman–Crippen MR) is 99.8 cm³/mol. The van der Waals surface area contributed by atoms with E-state index in [-0.39, 0.29) is 0 Å². The van der Waals surface area contributed by atoms with Crippen molar-refractivity contribution in [3.63, 3.8) is 0 Å². The molecular formula is C20H27N3. The fraction of sp³-hybridized carbons (Fsp3) is 0.400. The van der Waals surface area contributed by atoms with Gasteiger partial charge in [0.1, 0.15) is 0 Å². The van der Waals surface area contributed by atoms with Crippen LogP contribution < -0.4 is 16.0 Å². The summed E-state index contributed by atoms with van der Waals surface area (Å²) in [6.45, 7) is 7.86. The van der Waals surface area contributed by atoms with Crippen molar-refractivity contribution in [3.8, 4) is 0 Å². The van der Waals surface area contributed by atoms with Gasteiger partial charge in [-0.15, -0.1) is 0 Å². The molecule has 2 atom stereocenters. The van der Waals surface area contributed by atoms with E-state index in [4.69, 9.17) is 5.73 Å². The van der Waals surface area contributed by atoms with Crippen LogP contribution in [0.1, 0.15) is 25.8 Å². The molecule has 122 valence electrons.